The summed E-state index contributed by atoms with van der Waals surface area (Å²) in [6.07, 6.45) is 2.90. The lowest BCUT2D eigenvalue weighted by Gasteiger charge is -2.04. The Morgan fingerprint density at radius 1 is 1.37 bits per heavy atom. The molecular weight excluding hydrogens is 246 g/mol. The van der Waals surface area contributed by atoms with Gasteiger partial charge in [0.15, 0.2) is 5.65 Å². The van der Waals surface area contributed by atoms with Crippen molar-refractivity contribution in [3.8, 4) is 0 Å². The van der Waals surface area contributed by atoms with Crippen molar-refractivity contribution in [2.45, 2.75) is 38.8 Å². The number of hydrogen-bond donors (Lipinski definition) is 3. The van der Waals surface area contributed by atoms with Crippen LogP contribution in [0.4, 0.5) is 0 Å². The smallest absolute Gasteiger partial charge is 0.330 e. The number of imidazole rings is 1. The van der Waals surface area contributed by atoms with Crippen molar-refractivity contribution in [2.24, 2.45) is 0 Å². The van der Waals surface area contributed by atoms with Crippen LogP contribution in [0, 0.1) is 0 Å². The van der Waals surface area contributed by atoms with Crippen LogP contribution < -0.4 is 16.6 Å². The zero-order valence-electron chi connectivity index (χ0n) is 10.8. The molecule has 19 heavy (non-hydrogen) atoms. The Labute approximate surface area is 109 Å². The van der Waals surface area contributed by atoms with Crippen molar-refractivity contribution in [1.29, 1.82) is 0 Å². The summed E-state index contributed by atoms with van der Waals surface area (Å²) in [7, 11) is 0. The summed E-state index contributed by atoms with van der Waals surface area (Å²) >= 11 is 0. The Kier molecular flexibility index (Phi) is 2.98. The molecule has 3 N–H and O–H groups in total. The monoisotopic (exact) mass is 263 g/mol. The molecule has 7 nitrogen and oxygen atoms in total. The van der Waals surface area contributed by atoms with Gasteiger partial charge < -0.3 is 10.3 Å². The van der Waals surface area contributed by atoms with E-state index in [0.29, 0.717) is 17.7 Å². The minimum Gasteiger partial charge on any atom is -0.335 e. The van der Waals surface area contributed by atoms with E-state index in [2.05, 4.69) is 20.3 Å². The lowest BCUT2D eigenvalue weighted by atomic mass is 10.2. The first-order chi connectivity index (χ1) is 9.20. The molecule has 1 atom stereocenters. The maximum absolute atomic E-state index is 11.8. The van der Waals surface area contributed by atoms with Gasteiger partial charge in [-0.25, -0.2) is 9.78 Å². The molecule has 0 radical (unpaired) electrons. The fourth-order valence-corrected chi connectivity index (χ4v) is 2.57. The predicted molar refractivity (Wildman–Crippen MR) is 71.2 cm³/mol. The Balaban J connectivity index is 2.20. The molecule has 0 saturated carbocycles. The predicted octanol–water partition coefficient (Wildman–Crippen LogP) is 0.247. The van der Waals surface area contributed by atoms with E-state index in [9.17, 15) is 9.59 Å². The van der Waals surface area contributed by atoms with E-state index in [1.165, 1.54) is 4.57 Å². The van der Waals surface area contributed by atoms with E-state index in [1.807, 2.05) is 6.92 Å². The Hall–Kier alpha value is -1.89. The van der Waals surface area contributed by atoms with Crippen molar-refractivity contribution in [1.82, 2.24) is 24.8 Å². The first-order valence-corrected chi connectivity index (χ1v) is 6.67. The molecule has 2 aromatic rings. The Morgan fingerprint density at radius 2 is 2.21 bits per heavy atom. The quantitative estimate of drug-likeness (QED) is 0.739. The summed E-state index contributed by atoms with van der Waals surface area (Å²) in [6, 6.07) is 0.150. The molecule has 1 unspecified atom stereocenters. The summed E-state index contributed by atoms with van der Waals surface area (Å²) in [4.78, 5) is 33.5. The molecular formula is C12H17N5O2. The molecule has 1 aliphatic heterocycles. The highest BCUT2D eigenvalue weighted by atomic mass is 16.2. The number of nitrogens with zero attached hydrogens (tertiary/aromatic N) is 2. The fraction of sp³-hybridized carbons (Fsp3) is 0.583. The number of H-pyrrole nitrogens is 2. The van der Waals surface area contributed by atoms with Gasteiger partial charge in [-0.1, -0.05) is 6.92 Å². The average Bonchev–Trinajstić information content (AvgIpc) is 3.02. The molecule has 2 aromatic heterocycles. The summed E-state index contributed by atoms with van der Waals surface area (Å²) in [5.41, 5.74) is 0.0527. The van der Waals surface area contributed by atoms with Crippen LogP contribution in [0.5, 0.6) is 0 Å². The van der Waals surface area contributed by atoms with E-state index < -0.39 is 11.2 Å². The second-order valence-corrected chi connectivity index (χ2v) is 4.88. The SMILES string of the molecule is CCCn1c(=O)[nH]c(=O)c2[nH]c(C3CCCN3)nc21. The maximum Gasteiger partial charge on any atom is 0.330 e. The molecule has 0 amide bonds. The third-order valence-corrected chi connectivity index (χ3v) is 3.49. The zero-order chi connectivity index (χ0) is 13.4. The largest absolute Gasteiger partial charge is 0.335 e. The number of aryl methyl sites for hydroxylation is 1. The summed E-state index contributed by atoms with van der Waals surface area (Å²) in [5, 5.41) is 3.33. The molecule has 102 valence electrons. The average molecular weight is 263 g/mol. The summed E-state index contributed by atoms with van der Waals surface area (Å²) in [6.45, 7) is 3.49. The van der Waals surface area contributed by atoms with E-state index in [1.54, 1.807) is 0 Å². The highest BCUT2D eigenvalue weighted by Gasteiger charge is 2.21. The summed E-state index contributed by atoms with van der Waals surface area (Å²) in [5.74, 6) is 0.744. The highest BCUT2D eigenvalue weighted by molar-refractivity contribution is 5.69. The molecule has 3 rings (SSSR count). The lowest BCUT2D eigenvalue weighted by molar-refractivity contribution is 0.611. The van der Waals surface area contributed by atoms with Gasteiger partial charge in [-0.05, 0) is 25.8 Å². The van der Waals surface area contributed by atoms with Gasteiger partial charge in [0, 0.05) is 6.54 Å². The van der Waals surface area contributed by atoms with Gasteiger partial charge in [0.05, 0.1) is 6.04 Å². The van der Waals surface area contributed by atoms with Gasteiger partial charge in [-0.3, -0.25) is 14.3 Å². The van der Waals surface area contributed by atoms with E-state index in [0.717, 1.165) is 31.6 Å². The van der Waals surface area contributed by atoms with Crippen LogP contribution in [0.25, 0.3) is 11.2 Å². The van der Waals surface area contributed by atoms with Crippen LogP contribution in [0.15, 0.2) is 9.59 Å². The normalized spacial score (nSPS) is 19.3. The fourth-order valence-electron chi connectivity index (χ4n) is 2.57. The zero-order valence-corrected chi connectivity index (χ0v) is 10.8. The number of aromatic nitrogens is 4. The van der Waals surface area contributed by atoms with Crippen LogP contribution in [-0.4, -0.2) is 26.1 Å². The van der Waals surface area contributed by atoms with Crippen molar-refractivity contribution in [3.05, 3.63) is 26.7 Å². The number of aromatic amines is 2. The number of rotatable bonds is 3. The molecule has 1 fully saturated rings. The maximum atomic E-state index is 11.8. The van der Waals surface area contributed by atoms with E-state index in [-0.39, 0.29) is 6.04 Å². The molecule has 0 bridgehead atoms. The van der Waals surface area contributed by atoms with Crippen LogP contribution in [-0.2, 0) is 6.54 Å². The molecule has 3 heterocycles. The van der Waals surface area contributed by atoms with E-state index >= 15 is 0 Å². The topological polar surface area (TPSA) is 95.6 Å². The van der Waals surface area contributed by atoms with Gasteiger partial charge in [-0.15, -0.1) is 0 Å². The number of nitrogens with one attached hydrogen (secondary N) is 3. The second kappa shape index (κ2) is 4.65. The van der Waals surface area contributed by atoms with Crippen molar-refractivity contribution >= 4 is 11.2 Å². The van der Waals surface area contributed by atoms with Gasteiger partial charge in [-0.2, -0.15) is 0 Å². The first-order valence-electron chi connectivity index (χ1n) is 6.67. The van der Waals surface area contributed by atoms with Crippen LogP contribution >= 0.6 is 0 Å². The van der Waals surface area contributed by atoms with Gasteiger partial charge in [0.25, 0.3) is 5.56 Å². The van der Waals surface area contributed by atoms with Crippen molar-refractivity contribution < 1.29 is 0 Å². The van der Waals surface area contributed by atoms with E-state index in [4.69, 9.17) is 0 Å². The van der Waals surface area contributed by atoms with Crippen LogP contribution in [0.1, 0.15) is 38.1 Å². The number of fused-ring (bicyclic) bond motifs is 1. The lowest BCUT2D eigenvalue weighted by Crippen LogP contribution is -2.30. The summed E-state index contributed by atoms with van der Waals surface area (Å²) < 4.78 is 1.52. The second-order valence-electron chi connectivity index (χ2n) is 4.88. The highest BCUT2D eigenvalue weighted by Crippen LogP contribution is 2.21. The molecule has 1 saturated heterocycles. The Morgan fingerprint density at radius 3 is 2.89 bits per heavy atom. The standard InChI is InChI=1S/C12H17N5O2/c1-2-6-17-10-8(11(18)16-12(17)19)14-9(15-10)7-4-3-5-13-7/h7,13H,2-6H2,1H3,(H,14,15)(H,16,18,19). The number of hydrogen-bond acceptors (Lipinski definition) is 4. The minimum atomic E-state index is -0.399. The Bertz CT molecular complexity index is 705. The van der Waals surface area contributed by atoms with Crippen LogP contribution in [0.2, 0.25) is 0 Å². The van der Waals surface area contributed by atoms with Gasteiger partial charge in [0.2, 0.25) is 0 Å². The molecule has 0 spiro atoms. The van der Waals surface area contributed by atoms with Gasteiger partial charge >= 0.3 is 5.69 Å². The van der Waals surface area contributed by atoms with Crippen molar-refractivity contribution in [3.63, 3.8) is 0 Å². The molecule has 7 heteroatoms. The third-order valence-electron chi connectivity index (χ3n) is 3.49. The van der Waals surface area contributed by atoms with Crippen molar-refractivity contribution in [2.75, 3.05) is 6.54 Å². The molecule has 0 aromatic carbocycles. The third kappa shape index (κ3) is 1.99. The van der Waals surface area contributed by atoms with Crippen LogP contribution in [0.3, 0.4) is 0 Å². The molecule has 0 aliphatic carbocycles. The van der Waals surface area contributed by atoms with Gasteiger partial charge in [0.1, 0.15) is 11.3 Å². The minimum absolute atomic E-state index is 0.150. The molecule has 1 aliphatic rings. The first kappa shape index (κ1) is 12.2.